The highest BCUT2D eigenvalue weighted by molar-refractivity contribution is 6.33. The molecule has 4 aromatic rings. The molecule has 1 atom stereocenters. The zero-order valence-electron chi connectivity index (χ0n) is 18.6. The number of nitrogens with zero attached hydrogens (tertiary/aromatic N) is 2. The molecule has 9 nitrogen and oxygen atoms in total. The number of carboxylic acid groups (broad SMARTS) is 2. The highest BCUT2D eigenvalue weighted by Crippen LogP contribution is 2.30. The second-order valence-corrected chi connectivity index (χ2v) is 7.95. The van der Waals surface area contributed by atoms with E-state index in [2.05, 4.69) is 15.5 Å². The number of carbonyl (C=O) groups is 2. The van der Waals surface area contributed by atoms with Crippen molar-refractivity contribution in [3.05, 3.63) is 83.4 Å². The van der Waals surface area contributed by atoms with E-state index < -0.39 is 24.4 Å². The van der Waals surface area contributed by atoms with Gasteiger partial charge in [0, 0.05) is 17.7 Å². The predicted octanol–water partition coefficient (Wildman–Crippen LogP) is 5.29. The quantitative estimate of drug-likeness (QED) is 0.250. The Hall–Kier alpha value is -3.92. The third-order valence-electron chi connectivity index (χ3n) is 5.01. The van der Waals surface area contributed by atoms with Crippen LogP contribution in [0.15, 0.2) is 77.3 Å². The molecule has 4 rings (SSSR count). The normalized spacial score (nSPS) is 11.4. The van der Waals surface area contributed by atoms with E-state index in [1.165, 1.54) is 0 Å². The van der Waals surface area contributed by atoms with Gasteiger partial charge in [0.15, 0.2) is 0 Å². The van der Waals surface area contributed by atoms with Crippen LogP contribution < -0.4 is 10.1 Å². The zero-order valence-corrected chi connectivity index (χ0v) is 20.2. The molecule has 0 fully saturated rings. The topological polar surface area (TPSA) is 135 Å². The van der Waals surface area contributed by atoms with Crippen molar-refractivity contribution in [1.82, 2.24) is 15.5 Å². The molecule has 1 aromatic heterocycles. The van der Waals surface area contributed by atoms with Crippen LogP contribution in [0.25, 0.3) is 22.8 Å². The summed E-state index contributed by atoms with van der Waals surface area (Å²) in [6.45, 7) is 0.124. The summed E-state index contributed by atoms with van der Waals surface area (Å²) in [5.41, 5.74) is 1.92. The predicted molar refractivity (Wildman–Crippen MR) is 134 cm³/mol. The molecule has 0 bridgehead atoms. The van der Waals surface area contributed by atoms with Crippen LogP contribution in [0.3, 0.4) is 0 Å². The van der Waals surface area contributed by atoms with Crippen molar-refractivity contribution in [2.24, 2.45) is 0 Å². The van der Waals surface area contributed by atoms with Gasteiger partial charge < -0.3 is 19.5 Å². The number of benzene rings is 3. The number of halogens is 2. The maximum atomic E-state index is 11.2. The molecule has 3 N–H and O–H groups in total. The first-order valence-electron chi connectivity index (χ1n) is 10.5. The molecule has 0 radical (unpaired) electrons. The van der Waals surface area contributed by atoms with Crippen LogP contribution in [-0.2, 0) is 16.1 Å². The molecule has 0 aliphatic rings. The summed E-state index contributed by atoms with van der Waals surface area (Å²) in [5.74, 6) is -0.442. The van der Waals surface area contributed by atoms with Crippen molar-refractivity contribution in [1.29, 1.82) is 0 Å². The summed E-state index contributed by atoms with van der Waals surface area (Å²) in [6, 6.07) is 20.5. The van der Waals surface area contributed by atoms with E-state index in [-0.39, 0.29) is 19.0 Å². The fraction of sp³-hybridized carbons (Fsp3) is 0.120. The second-order valence-electron chi connectivity index (χ2n) is 7.55. The molecule has 0 aliphatic heterocycles. The van der Waals surface area contributed by atoms with Gasteiger partial charge in [-0.2, -0.15) is 4.98 Å². The van der Waals surface area contributed by atoms with Gasteiger partial charge in [-0.1, -0.05) is 41.0 Å². The number of rotatable bonds is 10. The lowest BCUT2D eigenvalue weighted by Gasteiger charge is -2.12. The van der Waals surface area contributed by atoms with Crippen LogP contribution in [0.2, 0.25) is 5.02 Å². The van der Waals surface area contributed by atoms with E-state index >= 15 is 0 Å². The summed E-state index contributed by atoms with van der Waals surface area (Å²) >= 11 is 6.40. The van der Waals surface area contributed by atoms with Crippen molar-refractivity contribution in [3.8, 4) is 34.3 Å². The molecule has 0 spiro atoms. The van der Waals surface area contributed by atoms with Gasteiger partial charge in [-0.15, -0.1) is 12.4 Å². The van der Waals surface area contributed by atoms with Crippen molar-refractivity contribution >= 4 is 35.9 Å². The number of ether oxygens (including phenoxy) is 1. The Morgan fingerprint density at radius 3 is 2.33 bits per heavy atom. The second kappa shape index (κ2) is 12.2. The largest absolute Gasteiger partial charge is 0.481 e. The van der Waals surface area contributed by atoms with Crippen molar-refractivity contribution < 1.29 is 29.1 Å². The third-order valence-corrected chi connectivity index (χ3v) is 5.32. The Morgan fingerprint density at radius 2 is 1.69 bits per heavy atom. The Bertz CT molecular complexity index is 1330. The lowest BCUT2D eigenvalue weighted by Crippen LogP contribution is -2.38. The number of carboxylic acids is 2. The Morgan fingerprint density at radius 1 is 1.00 bits per heavy atom. The van der Waals surface area contributed by atoms with Gasteiger partial charge in [0.1, 0.15) is 17.5 Å². The molecule has 3 aromatic carbocycles. The maximum absolute atomic E-state index is 11.2. The highest BCUT2D eigenvalue weighted by Gasteiger charge is 2.20. The van der Waals surface area contributed by atoms with E-state index in [0.29, 0.717) is 39.2 Å². The fourth-order valence-corrected chi connectivity index (χ4v) is 3.54. The number of hydrogen-bond acceptors (Lipinski definition) is 7. The maximum Gasteiger partial charge on any atom is 0.321 e. The summed E-state index contributed by atoms with van der Waals surface area (Å²) in [4.78, 5) is 26.4. The minimum Gasteiger partial charge on any atom is -0.481 e. The summed E-state index contributed by atoms with van der Waals surface area (Å²) in [5, 5.41) is 25.0. The van der Waals surface area contributed by atoms with Crippen LogP contribution in [0.1, 0.15) is 12.0 Å². The van der Waals surface area contributed by atoms with E-state index in [9.17, 15) is 9.59 Å². The van der Waals surface area contributed by atoms with E-state index in [1.807, 2.05) is 42.5 Å². The van der Waals surface area contributed by atoms with E-state index in [0.717, 1.165) is 5.75 Å². The molecule has 0 unspecified atom stereocenters. The van der Waals surface area contributed by atoms with Gasteiger partial charge in [-0.05, 0) is 54.1 Å². The highest BCUT2D eigenvalue weighted by atomic mass is 35.5. The monoisotopic (exact) mass is 529 g/mol. The average Bonchev–Trinajstić information content (AvgIpc) is 3.32. The molecule has 186 valence electrons. The van der Waals surface area contributed by atoms with Crippen LogP contribution >= 0.6 is 24.0 Å². The van der Waals surface area contributed by atoms with Crippen LogP contribution in [0, 0.1) is 0 Å². The van der Waals surface area contributed by atoms with Gasteiger partial charge >= 0.3 is 11.9 Å². The first-order chi connectivity index (χ1) is 16.9. The lowest BCUT2D eigenvalue weighted by molar-refractivity contribution is -0.146. The molecule has 0 saturated heterocycles. The number of aliphatic carboxylic acids is 2. The van der Waals surface area contributed by atoms with Crippen molar-refractivity contribution in [2.75, 3.05) is 0 Å². The van der Waals surface area contributed by atoms with Gasteiger partial charge in [-0.3, -0.25) is 14.9 Å². The van der Waals surface area contributed by atoms with Crippen LogP contribution in [-0.4, -0.2) is 38.3 Å². The number of para-hydroxylation sites is 1. The van der Waals surface area contributed by atoms with Crippen LogP contribution in [0.5, 0.6) is 11.5 Å². The Kier molecular flexibility index (Phi) is 9.02. The molecule has 36 heavy (non-hydrogen) atoms. The minimum atomic E-state index is -1.24. The van der Waals surface area contributed by atoms with E-state index in [4.69, 9.17) is 31.1 Å². The van der Waals surface area contributed by atoms with Gasteiger partial charge in [0.05, 0.1) is 11.4 Å². The first-order valence-corrected chi connectivity index (χ1v) is 10.9. The van der Waals surface area contributed by atoms with Gasteiger partial charge in [0.25, 0.3) is 5.89 Å². The number of aromatic nitrogens is 2. The minimum absolute atomic E-state index is 0. The van der Waals surface area contributed by atoms with Crippen molar-refractivity contribution in [2.45, 2.75) is 19.0 Å². The Balaban J connectivity index is 0.00000361. The molecule has 11 heteroatoms. The standard InChI is InChI=1S/C25H20ClN3O6.ClH/c26-20-12-15(14-27-21(25(32)33)13-22(30)31)6-11-19(20)23-28-24(35-29-23)16-7-9-18(10-8-16)34-17-4-2-1-3-5-17;/h1-12,21,27H,13-14H2,(H,30,31)(H,32,33);1H/t21-;/m0./s1. The number of nitrogens with one attached hydrogen (secondary N) is 1. The SMILES string of the molecule is Cl.O=C(O)C[C@H](NCc1ccc(-c2noc(-c3ccc(Oc4ccccc4)cc3)n2)c(Cl)c1)C(=O)O. The molecule has 0 saturated carbocycles. The smallest absolute Gasteiger partial charge is 0.321 e. The Labute approximate surface area is 217 Å². The van der Waals surface area contributed by atoms with Crippen molar-refractivity contribution in [3.63, 3.8) is 0 Å². The zero-order chi connectivity index (χ0) is 24.8. The molecular formula is C25H21Cl2N3O6. The van der Waals surface area contributed by atoms with Gasteiger partial charge in [0.2, 0.25) is 5.82 Å². The lowest BCUT2D eigenvalue weighted by atomic mass is 10.1. The first kappa shape index (κ1) is 26.7. The summed E-state index contributed by atoms with van der Waals surface area (Å²) in [7, 11) is 0. The van der Waals surface area contributed by atoms with E-state index in [1.54, 1.807) is 30.3 Å². The molecule has 0 aliphatic carbocycles. The summed E-state index contributed by atoms with van der Waals surface area (Å²) < 4.78 is 11.2. The summed E-state index contributed by atoms with van der Waals surface area (Å²) in [6.07, 6.45) is -0.536. The third kappa shape index (κ3) is 6.82. The molecular weight excluding hydrogens is 509 g/mol. The fourth-order valence-electron chi connectivity index (χ4n) is 3.25. The molecule has 0 amide bonds. The average molecular weight is 530 g/mol. The number of hydrogen-bond donors (Lipinski definition) is 3. The van der Waals surface area contributed by atoms with Crippen LogP contribution in [0.4, 0.5) is 0 Å². The van der Waals surface area contributed by atoms with Gasteiger partial charge in [-0.25, -0.2) is 0 Å². The molecule has 1 heterocycles.